The number of rotatable bonds is 4. The molecule has 1 N–H and O–H groups in total. The number of hydrogen-bond donors (Lipinski definition) is 1. The van der Waals surface area contributed by atoms with Gasteiger partial charge in [0.25, 0.3) is 0 Å². The minimum Gasteiger partial charge on any atom is -0.379 e. The molecule has 1 aliphatic heterocycles. The quantitative estimate of drug-likeness (QED) is 0.797. The summed E-state index contributed by atoms with van der Waals surface area (Å²) in [4.78, 5) is 15.4. The second-order valence-corrected chi connectivity index (χ2v) is 8.00. The highest BCUT2D eigenvalue weighted by Crippen LogP contribution is 2.35. The Bertz CT molecular complexity index is 887. The van der Waals surface area contributed by atoms with E-state index in [0.717, 1.165) is 24.0 Å². The van der Waals surface area contributed by atoms with Gasteiger partial charge >= 0.3 is 0 Å². The van der Waals surface area contributed by atoms with Crippen molar-refractivity contribution in [2.75, 3.05) is 26.3 Å². The highest BCUT2D eigenvalue weighted by molar-refractivity contribution is 6.35. The van der Waals surface area contributed by atoms with Crippen LogP contribution < -0.4 is 5.32 Å². The van der Waals surface area contributed by atoms with Crippen LogP contribution in [0, 0.1) is 5.82 Å². The maximum atomic E-state index is 13.7. The van der Waals surface area contributed by atoms with Gasteiger partial charge in [0.2, 0.25) is 5.91 Å². The van der Waals surface area contributed by atoms with Crippen LogP contribution in [-0.4, -0.2) is 37.1 Å². The molecule has 0 aromatic heterocycles. The molecule has 4 nitrogen and oxygen atoms in total. The Kier molecular flexibility index (Phi) is 5.88. The van der Waals surface area contributed by atoms with Crippen LogP contribution in [0.25, 0.3) is 0 Å². The van der Waals surface area contributed by atoms with Crippen molar-refractivity contribution >= 4 is 29.1 Å². The zero-order valence-electron chi connectivity index (χ0n) is 15.3. The van der Waals surface area contributed by atoms with Gasteiger partial charge in [0.05, 0.1) is 19.3 Å². The number of hydrogen-bond acceptors (Lipinski definition) is 3. The zero-order chi connectivity index (χ0) is 19.7. The van der Waals surface area contributed by atoms with E-state index in [1.165, 1.54) is 12.1 Å². The number of carbonyl (C=O) groups is 1. The smallest absolute Gasteiger partial charge is 0.242 e. The first-order valence-electron chi connectivity index (χ1n) is 9.38. The van der Waals surface area contributed by atoms with Crippen LogP contribution in [-0.2, 0) is 16.0 Å². The number of nitrogens with one attached hydrogen (secondary N) is 1. The third-order valence-corrected chi connectivity index (χ3v) is 5.98. The zero-order valence-corrected chi connectivity index (χ0v) is 16.8. The van der Waals surface area contributed by atoms with E-state index in [1.54, 1.807) is 24.3 Å². The monoisotopic (exact) mass is 422 g/mol. The molecule has 2 aliphatic rings. The molecular formula is C21H21Cl2FN2O2. The standard InChI is InChI=1S/C21H21Cl2FN2O2/c22-14-3-5-16(18(23)11-14)20(26-7-9-28-10-8-26)21(27)25-19-6-2-13-1-4-15(24)12-17(13)19/h1,3-5,11-12,19-20H,2,6-10H2,(H,25,27). The summed E-state index contributed by atoms with van der Waals surface area (Å²) in [6.45, 7) is 2.39. The predicted octanol–water partition coefficient (Wildman–Crippen LogP) is 4.31. The van der Waals surface area contributed by atoms with Gasteiger partial charge < -0.3 is 10.1 Å². The largest absolute Gasteiger partial charge is 0.379 e. The van der Waals surface area contributed by atoms with Crippen molar-refractivity contribution in [3.63, 3.8) is 0 Å². The van der Waals surface area contributed by atoms with E-state index in [-0.39, 0.29) is 17.8 Å². The van der Waals surface area contributed by atoms with Crippen molar-refractivity contribution in [2.24, 2.45) is 0 Å². The Morgan fingerprint density at radius 1 is 1.18 bits per heavy atom. The Labute approximate surface area is 173 Å². The van der Waals surface area contributed by atoms with Gasteiger partial charge in [0, 0.05) is 23.1 Å². The molecule has 2 atom stereocenters. The van der Waals surface area contributed by atoms with Gasteiger partial charge in [-0.1, -0.05) is 35.3 Å². The van der Waals surface area contributed by atoms with Gasteiger partial charge in [0.1, 0.15) is 11.9 Å². The van der Waals surface area contributed by atoms with E-state index in [0.29, 0.717) is 41.9 Å². The van der Waals surface area contributed by atoms with Crippen LogP contribution in [0.3, 0.4) is 0 Å². The van der Waals surface area contributed by atoms with Gasteiger partial charge in [-0.15, -0.1) is 0 Å². The summed E-state index contributed by atoms with van der Waals surface area (Å²) in [5.41, 5.74) is 2.65. The average molecular weight is 423 g/mol. The molecule has 2 unspecified atom stereocenters. The van der Waals surface area contributed by atoms with Crippen LogP contribution >= 0.6 is 23.2 Å². The maximum Gasteiger partial charge on any atom is 0.242 e. The summed E-state index contributed by atoms with van der Waals surface area (Å²) in [5, 5.41) is 4.10. The fourth-order valence-corrected chi connectivity index (χ4v) is 4.55. The van der Waals surface area contributed by atoms with Crippen LogP contribution in [0.5, 0.6) is 0 Å². The maximum absolute atomic E-state index is 13.7. The van der Waals surface area contributed by atoms with Gasteiger partial charge in [-0.2, -0.15) is 0 Å². The highest BCUT2D eigenvalue weighted by atomic mass is 35.5. The number of halogens is 3. The molecule has 2 aromatic carbocycles. The predicted molar refractivity (Wildman–Crippen MR) is 107 cm³/mol. The molecule has 148 valence electrons. The number of ether oxygens (including phenoxy) is 1. The molecule has 2 aromatic rings. The van der Waals surface area contributed by atoms with Crippen molar-refractivity contribution < 1.29 is 13.9 Å². The highest BCUT2D eigenvalue weighted by Gasteiger charge is 2.33. The number of fused-ring (bicyclic) bond motifs is 1. The molecular weight excluding hydrogens is 402 g/mol. The van der Waals surface area contributed by atoms with Gasteiger partial charge in [0.15, 0.2) is 0 Å². The molecule has 1 heterocycles. The van der Waals surface area contributed by atoms with Crippen LogP contribution in [0.2, 0.25) is 10.0 Å². The summed E-state index contributed by atoms with van der Waals surface area (Å²) < 4.78 is 19.2. The molecule has 28 heavy (non-hydrogen) atoms. The van der Waals surface area contributed by atoms with Crippen molar-refractivity contribution in [2.45, 2.75) is 24.9 Å². The van der Waals surface area contributed by atoms with Crippen molar-refractivity contribution in [1.29, 1.82) is 0 Å². The molecule has 0 bridgehead atoms. The Hall–Kier alpha value is -1.66. The minimum atomic E-state index is -0.550. The molecule has 1 aliphatic carbocycles. The van der Waals surface area contributed by atoms with E-state index < -0.39 is 6.04 Å². The normalized spacial score (nSPS) is 20.6. The number of aryl methyl sites for hydroxylation is 1. The van der Waals surface area contributed by atoms with Crippen LogP contribution in [0.1, 0.15) is 35.2 Å². The Balaban J connectivity index is 1.62. The van der Waals surface area contributed by atoms with Crippen molar-refractivity contribution in [1.82, 2.24) is 10.2 Å². The number of morpholine rings is 1. The van der Waals surface area contributed by atoms with E-state index in [9.17, 15) is 9.18 Å². The summed E-state index contributed by atoms with van der Waals surface area (Å²) in [5.74, 6) is -0.432. The van der Waals surface area contributed by atoms with E-state index in [2.05, 4.69) is 10.2 Å². The molecule has 0 saturated carbocycles. The van der Waals surface area contributed by atoms with Crippen molar-refractivity contribution in [3.05, 3.63) is 69.0 Å². The van der Waals surface area contributed by atoms with Gasteiger partial charge in [-0.25, -0.2) is 4.39 Å². The molecule has 0 radical (unpaired) electrons. The number of amides is 1. The number of nitrogens with zero attached hydrogens (tertiary/aromatic N) is 1. The second-order valence-electron chi connectivity index (χ2n) is 7.16. The summed E-state index contributed by atoms with van der Waals surface area (Å²) in [6.07, 6.45) is 1.58. The Morgan fingerprint density at radius 3 is 2.71 bits per heavy atom. The average Bonchev–Trinajstić information content (AvgIpc) is 3.06. The number of carbonyl (C=O) groups excluding carboxylic acids is 1. The molecule has 1 fully saturated rings. The number of benzene rings is 2. The third kappa shape index (κ3) is 4.03. The van der Waals surface area contributed by atoms with E-state index in [1.807, 2.05) is 0 Å². The SMILES string of the molecule is O=C(NC1CCc2ccc(F)cc21)C(c1ccc(Cl)cc1Cl)N1CCOCC1. The lowest BCUT2D eigenvalue weighted by molar-refractivity contribution is -0.129. The van der Waals surface area contributed by atoms with Crippen molar-refractivity contribution in [3.8, 4) is 0 Å². The third-order valence-electron chi connectivity index (χ3n) is 5.42. The summed E-state index contributed by atoms with van der Waals surface area (Å²) in [7, 11) is 0. The molecule has 1 saturated heterocycles. The molecule has 7 heteroatoms. The molecule has 1 amide bonds. The first-order valence-corrected chi connectivity index (χ1v) is 10.1. The lowest BCUT2D eigenvalue weighted by atomic mass is 10.0. The second kappa shape index (κ2) is 8.37. The fraction of sp³-hybridized carbons (Fsp3) is 0.381. The fourth-order valence-electron chi connectivity index (χ4n) is 4.04. The van der Waals surface area contributed by atoms with Gasteiger partial charge in [-0.3, -0.25) is 9.69 Å². The van der Waals surface area contributed by atoms with E-state index >= 15 is 0 Å². The van der Waals surface area contributed by atoms with Gasteiger partial charge in [-0.05, 0) is 53.8 Å². The lowest BCUT2D eigenvalue weighted by Gasteiger charge is -2.35. The summed E-state index contributed by atoms with van der Waals surface area (Å²) in [6, 6.07) is 9.22. The van der Waals surface area contributed by atoms with Crippen LogP contribution in [0.15, 0.2) is 36.4 Å². The first-order chi connectivity index (χ1) is 13.5. The minimum absolute atomic E-state index is 0.145. The first kappa shape index (κ1) is 19.6. The Morgan fingerprint density at radius 2 is 1.96 bits per heavy atom. The topological polar surface area (TPSA) is 41.6 Å². The van der Waals surface area contributed by atoms with E-state index in [4.69, 9.17) is 27.9 Å². The lowest BCUT2D eigenvalue weighted by Crippen LogP contribution is -2.46. The molecule has 0 spiro atoms. The summed E-state index contributed by atoms with van der Waals surface area (Å²) >= 11 is 12.5. The molecule has 4 rings (SSSR count). The van der Waals surface area contributed by atoms with Crippen LogP contribution in [0.4, 0.5) is 4.39 Å².